The molecule has 0 aliphatic rings. The first-order valence-electron chi connectivity index (χ1n) is 7.81. The summed E-state index contributed by atoms with van der Waals surface area (Å²) in [4.78, 5) is 11.8. The summed E-state index contributed by atoms with van der Waals surface area (Å²) in [6.07, 6.45) is 0.626. The monoisotopic (exact) mass is 382 g/mol. The Balaban J connectivity index is 1.64. The number of ether oxygens (including phenoxy) is 2. The summed E-state index contributed by atoms with van der Waals surface area (Å²) in [5.74, 6) is 1.30. The molecule has 2 rings (SSSR count). The Morgan fingerprint density at radius 1 is 1.04 bits per heavy atom. The smallest absolute Gasteiger partial charge is 0.314 e. The molecular weight excluding hydrogens is 363 g/mol. The normalized spacial score (nSPS) is 10.2. The van der Waals surface area contributed by atoms with Crippen molar-refractivity contribution in [1.29, 1.82) is 0 Å². The molecule has 0 aliphatic heterocycles. The molecule has 0 unspecified atom stereocenters. The number of benzene rings is 2. The fourth-order valence-electron chi connectivity index (χ4n) is 2.16. The van der Waals surface area contributed by atoms with E-state index in [9.17, 15) is 4.79 Å². The maximum Gasteiger partial charge on any atom is 0.314 e. The molecule has 0 saturated heterocycles. The number of hydrogen-bond donors (Lipinski definition) is 2. The zero-order chi connectivity index (χ0) is 18.1. The average molecular weight is 383 g/mol. The minimum Gasteiger partial charge on any atom is -0.493 e. The molecule has 0 bridgehead atoms. The Labute approximate surface area is 157 Å². The van der Waals surface area contributed by atoms with E-state index in [0.717, 1.165) is 5.56 Å². The first-order chi connectivity index (χ1) is 12.1. The second-order valence-electron chi connectivity index (χ2n) is 5.17. The molecule has 0 aliphatic carbocycles. The molecule has 0 saturated carbocycles. The van der Waals surface area contributed by atoms with Gasteiger partial charge in [0.25, 0.3) is 0 Å². The minimum absolute atomic E-state index is 0.256. The highest BCUT2D eigenvalue weighted by Crippen LogP contribution is 2.25. The van der Waals surface area contributed by atoms with E-state index in [1.54, 1.807) is 19.2 Å². The topological polar surface area (TPSA) is 59.6 Å². The van der Waals surface area contributed by atoms with Crippen molar-refractivity contribution >= 4 is 29.2 Å². The molecule has 2 aromatic rings. The lowest BCUT2D eigenvalue weighted by molar-refractivity contribution is 0.235. The average Bonchev–Trinajstić information content (AvgIpc) is 2.61. The van der Waals surface area contributed by atoms with Crippen LogP contribution in [-0.2, 0) is 6.42 Å². The number of urea groups is 1. The van der Waals surface area contributed by atoms with Crippen LogP contribution in [0.4, 0.5) is 4.79 Å². The van der Waals surface area contributed by atoms with Crippen LogP contribution in [0.25, 0.3) is 0 Å². The van der Waals surface area contributed by atoms with Gasteiger partial charge in [-0.3, -0.25) is 0 Å². The number of rotatable bonds is 8. The van der Waals surface area contributed by atoms with Crippen LogP contribution in [0.15, 0.2) is 42.5 Å². The summed E-state index contributed by atoms with van der Waals surface area (Å²) in [6, 6.07) is 12.4. The Kier molecular flexibility index (Phi) is 7.70. The number of hydrogen-bond acceptors (Lipinski definition) is 3. The van der Waals surface area contributed by atoms with Crippen LogP contribution < -0.4 is 20.1 Å². The number of nitrogens with one attached hydrogen (secondary N) is 2. The van der Waals surface area contributed by atoms with Crippen LogP contribution in [0.3, 0.4) is 0 Å². The molecule has 5 nitrogen and oxygen atoms in total. The van der Waals surface area contributed by atoms with Crippen LogP contribution in [0.5, 0.6) is 11.5 Å². The van der Waals surface area contributed by atoms with Crippen molar-refractivity contribution in [2.75, 3.05) is 26.8 Å². The van der Waals surface area contributed by atoms with Gasteiger partial charge in [0.05, 0.1) is 13.7 Å². The fraction of sp³-hybridized carbons (Fsp3) is 0.278. The zero-order valence-corrected chi connectivity index (χ0v) is 15.4. The molecule has 0 atom stereocenters. The molecule has 25 heavy (non-hydrogen) atoms. The van der Waals surface area contributed by atoms with Gasteiger partial charge < -0.3 is 20.1 Å². The van der Waals surface area contributed by atoms with E-state index in [-0.39, 0.29) is 6.03 Å². The van der Waals surface area contributed by atoms with Gasteiger partial charge in [-0.1, -0.05) is 41.4 Å². The number of carbonyl (C=O) groups is 1. The highest BCUT2D eigenvalue weighted by Gasteiger charge is 2.05. The Bertz CT molecular complexity index is 710. The molecule has 2 amide bonds. The van der Waals surface area contributed by atoms with Gasteiger partial charge in [0.2, 0.25) is 0 Å². The van der Waals surface area contributed by atoms with E-state index in [2.05, 4.69) is 10.6 Å². The predicted octanol–water partition coefficient (Wildman–Crippen LogP) is 3.92. The minimum atomic E-state index is -0.256. The Morgan fingerprint density at radius 2 is 1.76 bits per heavy atom. The molecule has 0 aromatic heterocycles. The molecule has 0 radical (unpaired) electrons. The van der Waals surface area contributed by atoms with Crippen LogP contribution in [0, 0.1) is 0 Å². The van der Waals surface area contributed by atoms with Crippen LogP contribution in [0.2, 0.25) is 10.0 Å². The van der Waals surface area contributed by atoms with E-state index in [1.807, 2.05) is 30.3 Å². The summed E-state index contributed by atoms with van der Waals surface area (Å²) in [5.41, 5.74) is 0.936. The lowest BCUT2D eigenvalue weighted by atomic mass is 10.1. The van der Waals surface area contributed by atoms with E-state index in [1.165, 1.54) is 0 Å². The highest BCUT2D eigenvalue weighted by molar-refractivity contribution is 6.35. The van der Waals surface area contributed by atoms with E-state index >= 15 is 0 Å². The number of halogens is 2. The predicted molar refractivity (Wildman–Crippen MR) is 100 cm³/mol. The lowest BCUT2D eigenvalue weighted by Gasteiger charge is -2.11. The van der Waals surface area contributed by atoms with Crippen molar-refractivity contribution in [3.63, 3.8) is 0 Å². The Morgan fingerprint density at radius 3 is 2.48 bits per heavy atom. The Hall–Kier alpha value is -2.11. The summed E-state index contributed by atoms with van der Waals surface area (Å²) >= 11 is 11.9. The van der Waals surface area contributed by atoms with E-state index in [4.69, 9.17) is 32.7 Å². The lowest BCUT2D eigenvalue weighted by Crippen LogP contribution is -2.38. The van der Waals surface area contributed by atoms with Gasteiger partial charge in [0.15, 0.2) is 11.5 Å². The summed E-state index contributed by atoms with van der Waals surface area (Å²) in [7, 11) is 1.58. The first-order valence-corrected chi connectivity index (χ1v) is 8.57. The zero-order valence-electron chi connectivity index (χ0n) is 13.9. The molecule has 134 valence electrons. The van der Waals surface area contributed by atoms with Crippen molar-refractivity contribution in [2.24, 2.45) is 0 Å². The first kappa shape index (κ1) is 19.2. The number of amides is 2. The van der Waals surface area contributed by atoms with Crippen LogP contribution in [0.1, 0.15) is 5.56 Å². The number of carbonyl (C=O) groups excluding carboxylic acids is 1. The standard InChI is InChI=1S/C18H20Cl2N2O3/c1-24-16-4-2-3-5-17(16)25-11-10-22-18(23)21-9-8-13-6-7-14(19)12-15(13)20/h2-7,12H,8-11H2,1H3,(H2,21,22,23). The molecule has 7 heteroatoms. The largest absolute Gasteiger partial charge is 0.493 e. The van der Waals surface area contributed by atoms with Gasteiger partial charge in [-0.25, -0.2) is 4.79 Å². The summed E-state index contributed by atoms with van der Waals surface area (Å²) in [5, 5.41) is 6.69. The van der Waals surface area contributed by atoms with Crippen molar-refractivity contribution in [3.8, 4) is 11.5 Å². The molecule has 0 fully saturated rings. The van der Waals surface area contributed by atoms with Crippen molar-refractivity contribution in [2.45, 2.75) is 6.42 Å². The SMILES string of the molecule is COc1ccccc1OCCNC(=O)NCCc1ccc(Cl)cc1Cl. The molecule has 0 heterocycles. The number of methoxy groups -OCH3 is 1. The van der Waals surface area contributed by atoms with Gasteiger partial charge in [0.1, 0.15) is 6.61 Å². The quantitative estimate of drug-likeness (QED) is 0.680. The second kappa shape index (κ2) is 10.0. The summed E-state index contributed by atoms with van der Waals surface area (Å²) < 4.78 is 10.8. The third kappa shape index (κ3) is 6.36. The number of para-hydroxylation sites is 2. The van der Waals surface area contributed by atoms with Crippen LogP contribution >= 0.6 is 23.2 Å². The van der Waals surface area contributed by atoms with Gasteiger partial charge in [-0.2, -0.15) is 0 Å². The van der Waals surface area contributed by atoms with Gasteiger partial charge >= 0.3 is 6.03 Å². The van der Waals surface area contributed by atoms with E-state index in [0.29, 0.717) is 47.7 Å². The van der Waals surface area contributed by atoms with Crippen LogP contribution in [-0.4, -0.2) is 32.8 Å². The molecule has 0 spiro atoms. The fourth-order valence-corrected chi connectivity index (χ4v) is 2.66. The van der Waals surface area contributed by atoms with Crippen molar-refractivity contribution < 1.29 is 14.3 Å². The third-order valence-electron chi connectivity index (χ3n) is 3.41. The third-order valence-corrected chi connectivity index (χ3v) is 4.00. The van der Waals surface area contributed by atoms with Gasteiger partial charge in [-0.15, -0.1) is 0 Å². The maximum absolute atomic E-state index is 11.8. The second-order valence-corrected chi connectivity index (χ2v) is 6.01. The molecule has 2 aromatic carbocycles. The summed E-state index contributed by atoms with van der Waals surface area (Å²) in [6.45, 7) is 1.20. The van der Waals surface area contributed by atoms with E-state index < -0.39 is 0 Å². The van der Waals surface area contributed by atoms with Gasteiger partial charge in [-0.05, 0) is 36.2 Å². The highest BCUT2D eigenvalue weighted by atomic mass is 35.5. The molecule has 2 N–H and O–H groups in total. The van der Waals surface area contributed by atoms with Crippen molar-refractivity contribution in [3.05, 3.63) is 58.1 Å². The molecular formula is C18H20Cl2N2O3. The van der Waals surface area contributed by atoms with Gasteiger partial charge in [0, 0.05) is 16.6 Å². The van der Waals surface area contributed by atoms with Crippen molar-refractivity contribution in [1.82, 2.24) is 10.6 Å². The maximum atomic E-state index is 11.8.